The lowest BCUT2D eigenvalue weighted by molar-refractivity contribution is 0.0746. The third-order valence-electron chi connectivity index (χ3n) is 5.76. The van der Waals surface area contributed by atoms with Crippen molar-refractivity contribution in [2.75, 3.05) is 50.6 Å². The second-order valence-electron chi connectivity index (χ2n) is 7.89. The van der Waals surface area contributed by atoms with Crippen LogP contribution in [0.3, 0.4) is 0 Å². The molecule has 4 rings (SSSR count). The van der Waals surface area contributed by atoms with E-state index < -0.39 is 0 Å². The maximum atomic E-state index is 13.0. The van der Waals surface area contributed by atoms with E-state index in [0.29, 0.717) is 54.5 Å². The Hall–Kier alpha value is -4.07. The number of hydrogen-bond acceptors (Lipinski definition) is 5. The zero-order chi connectivity index (χ0) is 24.1. The minimum Gasteiger partial charge on any atom is -0.497 e. The molecule has 0 unspecified atom stereocenters. The normalized spacial score (nSPS) is 13.4. The van der Waals surface area contributed by atoms with E-state index in [1.54, 1.807) is 32.4 Å². The number of anilines is 2. The van der Waals surface area contributed by atoms with E-state index in [9.17, 15) is 14.0 Å². The number of methoxy groups -OCH3 is 2. The molecule has 1 heterocycles. The molecule has 0 atom stereocenters. The highest BCUT2D eigenvalue weighted by atomic mass is 19.1. The van der Waals surface area contributed by atoms with E-state index >= 15 is 0 Å². The van der Waals surface area contributed by atoms with Crippen molar-refractivity contribution in [2.45, 2.75) is 0 Å². The fourth-order valence-corrected chi connectivity index (χ4v) is 3.84. The van der Waals surface area contributed by atoms with Crippen molar-refractivity contribution in [1.82, 2.24) is 4.90 Å². The van der Waals surface area contributed by atoms with Crippen molar-refractivity contribution in [3.05, 3.63) is 83.7 Å². The van der Waals surface area contributed by atoms with E-state index in [-0.39, 0.29) is 17.6 Å². The highest BCUT2D eigenvalue weighted by Crippen LogP contribution is 2.25. The van der Waals surface area contributed by atoms with Crippen LogP contribution in [0.4, 0.5) is 15.8 Å². The first-order valence-corrected chi connectivity index (χ1v) is 10.9. The number of halogens is 1. The Labute approximate surface area is 197 Å². The molecule has 0 bridgehead atoms. The summed E-state index contributed by atoms with van der Waals surface area (Å²) in [7, 11) is 3.11. The third-order valence-corrected chi connectivity index (χ3v) is 5.76. The number of amides is 2. The Bertz CT molecular complexity index is 1140. The highest BCUT2D eigenvalue weighted by molar-refractivity contribution is 6.04. The zero-order valence-corrected chi connectivity index (χ0v) is 19.1. The van der Waals surface area contributed by atoms with Crippen LogP contribution in [0.2, 0.25) is 0 Å². The zero-order valence-electron chi connectivity index (χ0n) is 19.1. The van der Waals surface area contributed by atoms with Gasteiger partial charge in [-0.25, -0.2) is 4.39 Å². The van der Waals surface area contributed by atoms with Crippen molar-refractivity contribution in [2.24, 2.45) is 0 Å². The van der Waals surface area contributed by atoms with E-state index in [1.807, 2.05) is 29.2 Å². The molecule has 0 aliphatic carbocycles. The molecule has 3 aromatic carbocycles. The van der Waals surface area contributed by atoms with Gasteiger partial charge in [-0.1, -0.05) is 0 Å². The van der Waals surface area contributed by atoms with Crippen molar-refractivity contribution in [1.29, 1.82) is 0 Å². The molecule has 1 aliphatic rings. The number of nitrogens with zero attached hydrogens (tertiary/aromatic N) is 2. The topological polar surface area (TPSA) is 71.1 Å². The monoisotopic (exact) mass is 463 g/mol. The number of ether oxygens (including phenoxy) is 2. The number of carbonyl (C=O) groups is 2. The number of piperazine rings is 1. The summed E-state index contributed by atoms with van der Waals surface area (Å²) in [5.41, 5.74) is 2.58. The van der Waals surface area contributed by atoms with Crippen molar-refractivity contribution in [3.8, 4) is 11.5 Å². The molecule has 1 saturated heterocycles. The summed E-state index contributed by atoms with van der Waals surface area (Å²) in [5.74, 6) is 0.413. The lowest BCUT2D eigenvalue weighted by atomic mass is 10.1. The van der Waals surface area contributed by atoms with Gasteiger partial charge >= 0.3 is 0 Å². The molecule has 8 heteroatoms. The summed E-state index contributed by atoms with van der Waals surface area (Å²) in [6.45, 7) is 2.55. The van der Waals surface area contributed by atoms with Crippen LogP contribution in [-0.4, -0.2) is 57.1 Å². The van der Waals surface area contributed by atoms with Gasteiger partial charge in [-0.15, -0.1) is 0 Å². The minimum atomic E-state index is -0.383. The molecule has 1 fully saturated rings. The molecule has 1 N–H and O–H groups in total. The fraction of sp³-hybridized carbons (Fsp3) is 0.231. The van der Waals surface area contributed by atoms with Gasteiger partial charge in [-0.2, -0.15) is 0 Å². The molecule has 34 heavy (non-hydrogen) atoms. The van der Waals surface area contributed by atoms with Crippen LogP contribution in [0.25, 0.3) is 0 Å². The second-order valence-corrected chi connectivity index (χ2v) is 7.89. The highest BCUT2D eigenvalue weighted by Gasteiger charge is 2.23. The van der Waals surface area contributed by atoms with E-state index in [4.69, 9.17) is 9.47 Å². The molecule has 2 amide bonds. The number of carbonyl (C=O) groups excluding carboxylic acids is 2. The van der Waals surface area contributed by atoms with Crippen molar-refractivity contribution >= 4 is 23.2 Å². The predicted octanol–water partition coefficient (Wildman–Crippen LogP) is 4.06. The quantitative estimate of drug-likeness (QED) is 0.597. The fourth-order valence-electron chi connectivity index (χ4n) is 3.84. The maximum Gasteiger partial charge on any atom is 0.255 e. The van der Waals surface area contributed by atoms with E-state index in [1.165, 1.54) is 24.3 Å². The van der Waals surface area contributed by atoms with Crippen LogP contribution in [0.5, 0.6) is 11.5 Å². The van der Waals surface area contributed by atoms with Crippen LogP contribution in [0.1, 0.15) is 20.7 Å². The van der Waals surface area contributed by atoms with Gasteiger partial charge in [0.2, 0.25) is 0 Å². The predicted molar refractivity (Wildman–Crippen MR) is 128 cm³/mol. The van der Waals surface area contributed by atoms with Gasteiger partial charge in [-0.3, -0.25) is 9.59 Å². The van der Waals surface area contributed by atoms with Gasteiger partial charge < -0.3 is 24.6 Å². The molecule has 1 aliphatic heterocycles. The Morgan fingerprint density at radius 3 is 1.94 bits per heavy atom. The molecular weight excluding hydrogens is 437 g/mol. The summed E-state index contributed by atoms with van der Waals surface area (Å²) < 4.78 is 23.6. The summed E-state index contributed by atoms with van der Waals surface area (Å²) in [6, 6.07) is 18.1. The Morgan fingerprint density at radius 2 is 1.38 bits per heavy atom. The molecule has 176 valence electrons. The summed E-state index contributed by atoms with van der Waals surface area (Å²) in [4.78, 5) is 29.3. The summed E-state index contributed by atoms with van der Waals surface area (Å²) >= 11 is 0. The first-order valence-electron chi connectivity index (χ1n) is 10.9. The van der Waals surface area contributed by atoms with Gasteiger partial charge in [0, 0.05) is 54.7 Å². The van der Waals surface area contributed by atoms with Crippen LogP contribution in [0, 0.1) is 5.82 Å². The van der Waals surface area contributed by atoms with Crippen molar-refractivity contribution in [3.63, 3.8) is 0 Å². The first kappa shape index (κ1) is 23.1. The average molecular weight is 464 g/mol. The van der Waals surface area contributed by atoms with Crippen molar-refractivity contribution < 1.29 is 23.5 Å². The van der Waals surface area contributed by atoms with Gasteiger partial charge in [0.15, 0.2) is 0 Å². The minimum absolute atomic E-state index is 0.0595. The molecular formula is C26H26FN3O4. The van der Waals surface area contributed by atoms with E-state index in [0.717, 1.165) is 5.69 Å². The average Bonchev–Trinajstić information content (AvgIpc) is 2.88. The summed E-state index contributed by atoms with van der Waals surface area (Å²) in [6.07, 6.45) is 0. The molecule has 0 saturated carbocycles. The summed E-state index contributed by atoms with van der Waals surface area (Å²) in [5, 5.41) is 2.81. The molecule has 3 aromatic rings. The smallest absolute Gasteiger partial charge is 0.255 e. The first-order chi connectivity index (χ1) is 16.5. The van der Waals surface area contributed by atoms with Crippen LogP contribution >= 0.6 is 0 Å². The Kier molecular flexibility index (Phi) is 6.96. The molecule has 0 spiro atoms. The van der Waals surface area contributed by atoms with Gasteiger partial charge in [0.25, 0.3) is 11.8 Å². The maximum absolute atomic E-state index is 13.0. The SMILES string of the molecule is COc1cc(OC)cc(C(=O)N2CCN(c3ccc(NC(=O)c4ccc(F)cc4)cc3)CC2)c1. The largest absolute Gasteiger partial charge is 0.497 e. The van der Waals surface area contributed by atoms with Gasteiger partial charge in [0.05, 0.1) is 14.2 Å². The third kappa shape index (κ3) is 5.28. The van der Waals surface area contributed by atoms with Crippen LogP contribution < -0.4 is 19.7 Å². The second kappa shape index (κ2) is 10.2. The number of benzene rings is 3. The Balaban J connectivity index is 1.34. The van der Waals surface area contributed by atoms with E-state index in [2.05, 4.69) is 10.2 Å². The number of hydrogen-bond donors (Lipinski definition) is 1. The molecule has 0 aromatic heterocycles. The van der Waals surface area contributed by atoms with Crippen LogP contribution in [-0.2, 0) is 0 Å². The van der Waals surface area contributed by atoms with Crippen LogP contribution in [0.15, 0.2) is 66.7 Å². The lowest BCUT2D eigenvalue weighted by Gasteiger charge is -2.36. The lowest BCUT2D eigenvalue weighted by Crippen LogP contribution is -2.48. The number of rotatable bonds is 6. The molecule has 7 nitrogen and oxygen atoms in total. The van der Waals surface area contributed by atoms with Gasteiger partial charge in [0.1, 0.15) is 17.3 Å². The van der Waals surface area contributed by atoms with Gasteiger partial charge in [-0.05, 0) is 60.7 Å². The standard InChI is InChI=1S/C26H26FN3O4/c1-33-23-15-19(16-24(17-23)34-2)26(32)30-13-11-29(12-14-30)22-9-7-21(8-10-22)28-25(31)18-3-5-20(27)6-4-18/h3-10,15-17H,11-14H2,1-2H3,(H,28,31). The Morgan fingerprint density at radius 1 is 0.794 bits per heavy atom. The number of nitrogens with one attached hydrogen (secondary N) is 1. The molecule has 0 radical (unpaired) electrons.